The summed E-state index contributed by atoms with van der Waals surface area (Å²) >= 11 is 0. The summed E-state index contributed by atoms with van der Waals surface area (Å²) in [6.07, 6.45) is 0.327. The Hall–Kier alpha value is -4.07. The molecule has 3 aromatic carbocycles. The number of anilines is 3. The summed E-state index contributed by atoms with van der Waals surface area (Å²) in [6, 6.07) is 18.0. The maximum Gasteiger partial charge on any atom is 0.326 e. The van der Waals surface area contributed by atoms with Gasteiger partial charge in [-0.3, -0.25) is 9.69 Å². The SMILES string of the molecule is CNc1cc2c(cc1F)C(=O)N(c1ccc(N[C@@H](Cc3ccccc3)C(=O)O)cc1)CO2. The van der Waals surface area contributed by atoms with Crippen molar-refractivity contribution in [2.24, 2.45) is 0 Å². The van der Waals surface area contributed by atoms with Gasteiger partial charge in [0.1, 0.15) is 17.6 Å². The fourth-order valence-corrected chi connectivity index (χ4v) is 3.55. The van der Waals surface area contributed by atoms with Crippen LogP contribution in [0.2, 0.25) is 0 Å². The normalized spacial score (nSPS) is 13.7. The number of benzene rings is 3. The molecule has 0 unspecified atom stereocenters. The molecule has 0 aromatic heterocycles. The van der Waals surface area contributed by atoms with Crippen molar-refractivity contribution < 1.29 is 23.8 Å². The van der Waals surface area contributed by atoms with Gasteiger partial charge in [-0.25, -0.2) is 9.18 Å². The van der Waals surface area contributed by atoms with E-state index in [4.69, 9.17) is 4.74 Å². The lowest BCUT2D eigenvalue weighted by Gasteiger charge is -2.29. The van der Waals surface area contributed by atoms with Crippen LogP contribution >= 0.6 is 0 Å². The molecule has 8 heteroatoms. The first kappa shape index (κ1) is 21.2. The zero-order valence-corrected chi connectivity index (χ0v) is 17.3. The Labute approximate surface area is 184 Å². The highest BCUT2D eigenvalue weighted by Gasteiger charge is 2.28. The monoisotopic (exact) mass is 435 g/mol. The second kappa shape index (κ2) is 8.97. The summed E-state index contributed by atoms with van der Waals surface area (Å²) in [5, 5.41) is 15.3. The topological polar surface area (TPSA) is 90.9 Å². The first-order valence-corrected chi connectivity index (χ1v) is 10.1. The quantitative estimate of drug-likeness (QED) is 0.520. The standard InChI is InChI=1S/C24H22FN3O4/c1-26-20-13-22-18(12-19(20)25)23(29)28(14-32-22)17-9-7-16(8-10-17)27-21(24(30)31)11-15-5-3-2-4-6-15/h2-10,12-13,21,26-27H,11,14H2,1H3,(H,30,31)/t21-/m0/s1. The van der Waals surface area contributed by atoms with Gasteiger partial charge in [-0.2, -0.15) is 0 Å². The van der Waals surface area contributed by atoms with Crippen LogP contribution in [0.1, 0.15) is 15.9 Å². The largest absolute Gasteiger partial charge is 0.480 e. The molecule has 7 nitrogen and oxygen atoms in total. The molecule has 3 aromatic rings. The van der Waals surface area contributed by atoms with Crippen LogP contribution in [0.4, 0.5) is 21.5 Å². The Balaban J connectivity index is 1.49. The summed E-state index contributed by atoms with van der Waals surface area (Å²) in [5.74, 6) is -1.55. The Kier molecular flexibility index (Phi) is 5.93. The van der Waals surface area contributed by atoms with Crippen LogP contribution in [0.25, 0.3) is 0 Å². The van der Waals surface area contributed by atoms with Gasteiger partial charge in [-0.15, -0.1) is 0 Å². The third kappa shape index (κ3) is 4.34. The van der Waals surface area contributed by atoms with E-state index in [1.54, 1.807) is 31.3 Å². The first-order valence-electron chi connectivity index (χ1n) is 10.1. The van der Waals surface area contributed by atoms with Gasteiger partial charge in [0.2, 0.25) is 0 Å². The predicted octanol–water partition coefficient (Wildman–Crippen LogP) is 3.97. The number of carbonyl (C=O) groups excluding carboxylic acids is 1. The van der Waals surface area contributed by atoms with Crippen LogP contribution in [0.5, 0.6) is 5.75 Å². The molecular formula is C24H22FN3O4. The van der Waals surface area contributed by atoms with Gasteiger partial charge in [0.15, 0.2) is 6.73 Å². The molecule has 3 N–H and O–H groups in total. The lowest BCUT2D eigenvalue weighted by Crippen LogP contribution is -2.38. The van der Waals surface area contributed by atoms with Gasteiger partial charge in [-0.05, 0) is 35.9 Å². The van der Waals surface area contributed by atoms with Gasteiger partial charge >= 0.3 is 5.97 Å². The van der Waals surface area contributed by atoms with E-state index in [-0.39, 0.29) is 23.9 Å². The molecule has 1 aliphatic heterocycles. The minimum Gasteiger partial charge on any atom is -0.480 e. The number of hydrogen-bond donors (Lipinski definition) is 3. The molecule has 0 saturated heterocycles. The van der Waals surface area contributed by atoms with Crippen LogP contribution in [0, 0.1) is 5.82 Å². The Morgan fingerprint density at radius 3 is 2.53 bits per heavy atom. The number of amides is 1. The van der Waals surface area contributed by atoms with Crippen molar-refractivity contribution in [1.29, 1.82) is 0 Å². The first-order chi connectivity index (χ1) is 15.5. The zero-order chi connectivity index (χ0) is 22.7. The Morgan fingerprint density at radius 2 is 1.88 bits per heavy atom. The minimum atomic E-state index is -0.961. The average Bonchev–Trinajstić information content (AvgIpc) is 2.80. The van der Waals surface area contributed by atoms with E-state index in [1.807, 2.05) is 30.3 Å². The van der Waals surface area contributed by atoms with Crippen molar-refractivity contribution in [2.45, 2.75) is 12.5 Å². The number of aliphatic carboxylic acids is 1. The van der Waals surface area contributed by atoms with Crippen LogP contribution in [-0.4, -0.2) is 36.8 Å². The molecular weight excluding hydrogens is 413 g/mol. The molecule has 0 fully saturated rings. The maximum absolute atomic E-state index is 14.1. The van der Waals surface area contributed by atoms with Crippen molar-refractivity contribution in [3.63, 3.8) is 0 Å². The predicted molar refractivity (Wildman–Crippen MR) is 120 cm³/mol. The molecule has 1 aliphatic rings. The lowest BCUT2D eigenvalue weighted by molar-refractivity contribution is -0.137. The van der Waals surface area contributed by atoms with E-state index in [0.717, 1.165) is 11.6 Å². The molecule has 164 valence electrons. The van der Waals surface area contributed by atoms with Crippen LogP contribution in [-0.2, 0) is 11.2 Å². The van der Waals surface area contributed by atoms with Gasteiger partial charge in [0.25, 0.3) is 5.91 Å². The number of carboxylic acids is 1. The van der Waals surface area contributed by atoms with Crippen LogP contribution < -0.4 is 20.3 Å². The van der Waals surface area contributed by atoms with Gasteiger partial charge in [-0.1, -0.05) is 30.3 Å². The molecule has 0 aliphatic carbocycles. The van der Waals surface area contributed by atoms with E-state index in [9.17, 15) is 19.1 Å². The van der Waals surface area contributed by atoms with E-state index in [0.29, 0.717) is 23.5 Å². The van der Waals surface area contributed by atoms with Crippen molar-refractivity contribution in [1.82, 2.24) is 0 Å². The van der Waals surface area contributed by atoms with Gasteiger partial charge in [0.05, 0.1) is 11.3 Å². The van der Waals surface area contributed by atoms with Crippen molar-refractivity contribution in [3.8, 4) is 5.75 Å². The lowest BCUT2D eigenvalue weighted by atomic mass is 10.1. The molecule has 1 amide bonds. The fourth-order valence-electron chi connectivity index (χ4n) is 3.55. The molecule has 0 saturated carbocycles. The third-order valence-corrected chi connectivity index (χ3v) is 5.26. The Bertz CT molecular complexity index is 1140. The molecule has 0 spiro atoms. The van der Waals surface area contributed by atoms with Crippen LogP contribution in [0.15, 0.2) is 66.7 Å². The number of fused-ring (bicyclic) bond motifs is 1. The van der Waals surface area contributed by atoms with Gasteiger partial charge < -0.3 is 20.5 Å². The third-order valence-electron chi connectivity index (χ3n) is 5.26. The summed E-state index contributed by atoms with van der Waals surface area (Å²) in [7, 11) is 1.59. The number of nitrogens with zero attached hydrogens (tertiary/aromatic N) is 1. The molecule has 32 heavy (non-hydrogen) atoms. The maximum atomic E-state index is 14.1. The zero-order valence-electron chi connectivity index (χ0n) is 17.3. The number of halogens is 1. The molecule has 0 bridgehead atoms. The van der Waals surface area contributed by atoms with E-state index in [1.165, 1.54) is 11.0 Å². The summed E-state index contributed by atoms with van der Waals surface area (Å²) in [4.78, 5) is 26.0. The minimum absolute atomic E-state index is 0.0147. The molecule has 1 heterocycles. The number of carboxylic acid groups (broad SMARTS) is 1. The molecule has 0 radical (unpaired) electrons. The summed E-state index contributed by atoms with van der Waals surface area (Å²) in [6.45, 7) is -0.0147. The van der Waals surface area contributed by atoms with E-state index >= 15 is 0 Å². The second-order valence-corrected chi connectivity index (χ2v) is 7.36. The highest BCUT2D eigenvalue weighted by molar-refractivity contribution is 6.09. The average molecular weight is 435 g/mol. The smallest absolute Gasteiger partial charge is 0.326 e. The number of ether oxygens (including phenoxy) is 1. The van der Waals surface area contributed by atoms with Crippen molar-refractivity contribution in [2.75, 3.05) is 29.3 Å². The van der Waals surface area contributed by atoms with Crippen molar-refractivity contribution >= 4 is 28.9 Å². The fraction of sp³-hybridized carbons (Fsp3) is 0.167. The summed E-state index contributed by atoms with van der Waals surface area (Å²) in [5.41, 5.74) is 2.46. The highest BCUT2D eigenvalue weighted by Crippen LogP contribution is 2.32. The highest BCUT2D eigenvalue weighted by atomic mass is 19.1. The number of rotatable bonds is 7. The van der Waals surface area contributed by atoms with Gasteiger partial charge in [0, 0.05) is 30.9 Å². The molecule has 4 rings (SSSR count). The van der Waals surface area contributed by atoms with Crippen LogP contribution in [0.3, 0.4) is 0 Å². The van der Waals surface area contributed by atoms with Crippen molar-refractivity contribution in [3.05, 3.63) is 83.7 Å². The number of carbonyl (C=O) groups is 2. The number of nitrogens with one attached hydrogen (secondary N) is 2. The van der Waals surface area contributed by atoms with E-state index in [2.05, 4.69) is 10.6 Å². The van der Waals surface area contributed by atoms with E-state index < -0.39 is 17.8 Å². The second-order valence-electron chi connectivity index (χ2n) is 7.36. The summed E-state index contributed by atoms with van der Waals surface area (Å²) < 4.78 is 19.8. The molecule has 1 atom stereocenters. The Morgan fingerprint density at radius 1 is 1.16 bits per heavy atom. The number of hydrogen-bond acceptors (Lipinski definition) is 5.